The fourth-order valence-electron chi connectivity index (χ4n) is 5.73. The minimum Gasteiger partial charge on any atom is -0.462 e. The van der Waals surface area contributed by atoms with Crippen LogP contribution in [0.4, 0.5) is 0 Å². The Hall–Kier alpha value is -4.45. The summed E-state index contributed by atoms with van der Waals surface area (Å²) in [7, 11) is 0. The Balaban J connectivity index is 4.54. The van der Waals surface area contributed by atoms with Gasteiger partial charge in [-0.25, -0.2) is 0 Å². The Kier molecular flexibility index (Phi) is 44.7. The lowest BCUT2D eigenvalue weighted by Gasteiger charge is -2.18. The quantitative estimate of drug-likeness (QED) is 0.0201. The summed E-state index contributed by atoms with van der Waals surface area (Å²) in [6, 6.07) is 0. The smallest absolute Gasteiger partial charge is 0.306 e. The highest BCUT2D eigenvalue weighted by Gasteiger charge is 2.19. The van der Waals surface area contributed by atoms with E-state index < -0.39 is 6.10 Å². The van der Waals surface area contributed by atoms with Gasteiger partial charge in [-0.1, -0.05) is 187 Å². The molecule has 0 heterocycles. The molecule has 0 saturated carbocycles. The summed E-state index contributed by atoms with van der Waals surface area (Å²) in [6.45, 7) is 6.22. The minimum atomic E-state index is -0.828. The van der Waals surface area contributed by atoms with E-state index in [1.807, 2.05) is 48.6 Å². The molecule has 0 aromatic heterocycles. The van der Waals surface area contributed by atoms with Gasteiger partial charge in [0.15, 0.2) is 6.10 Å². The lowest BCUT2D eigenvalue weighted by molar-refractivity contribution is -0.167. The normalized spacial score (nSPS) is 13.3. The van der Waals surface area contributed by atoms with Crippen LogP contribution in [0.15, 0.2) is 134 Å². The van der Waals surface area contributed by atoms with Gasteiger partial charge in [-0.2, -0.15) is 0 Å². The van der Waals surface area contributed by atoms with Gasteiger partial charge in [0.2, 0.25) is 0 Å². The topological polar surface area (TPSA) is 78.9 Å². The second-order valence-corrected chi connectivity index (χ2v) is 15.0. The van der Waals surface area contributed by atoms with Crippen molar-refractivity contribution in [2.24, 2.45) is 0 Å². The van der Waals surface area contributed by atoms with E-state index in [-0.39, 0.29) is 44.0 Å². The molecule has 0 aromatic rings. The highest BCUT2D eigenvalue weighted by molar-refractivity contribution is 5.71. The number of esters is 3. The van der Waals surface area contributed by atoms with Gasteiger partial charge in [-0.15, -0.1) is 0 Å². The van der Waals surface area contributed by atoms with Crippen LogP contribution in [0.2, 0.25) is 0 Å². The van der Waals surface area contributed by atoms with Crippen LogP contribution in [0.3, 0.4) is 0 Å². The van der Waals surface area contributed by atoms with Gasteiger partial charge in [-0.3, -0.25) is 14.4 Å². The maximum Gasteiger partial charge on any atom is 0.306 e. The van der Waals surface area contributed by atoms with E-state index in [1.165, 1.54) is 25.7 Å². The average Bonchev–Trinajstić information content (AvgIpc) is 3.26. The molecule has 0 spiro atoms. The fraction of sp³-hybridized carbons (Fsp3) is 0.545. The van der Waals surface area contributed by atoms with Crippen molar-refractivity contribution in [1.29, 1.82) is 0 Å². The van der Waals surface area contributed by atoms with Crippen molar-refractivity contribution in [3.8, 4) is 0 Å². The number of unbranched alkanes of at least 4 members (excludes halogenated alkanes) is 11. The maximum atomic E-state index is 12.7. The third kappa shape index (κ3) is 46.5. The van der Waals surface area contributed by atoms with Gasteiger partial charge in [-0.05, 0) is 103 Å². The maximum absolute atomic E-state index is 12.7. The average molecular weight is 841 g/mol. The summed E-state index contributed by atoms with van der Waals surface area (Å²) in [5.41, 5.74) is 0. The first-order chi connectivity index (χ1) is 30.0. The van der Waals surface area contributed by atoms with Crippen LogP contribution in [0.25, 0.3) is 0 Å². The summed E-state index contributed by atoms with van der Waals surface area (Å²) in [6.07, 6.45) is 67.3. The summed E-state index contributed by atoms with van der Waals surface area (Å²) >= 11 is 0. The van der Waals surface area contributed by atoms with Crippen molar-refractivity contribution in [1.82, 2.24) is 0 Å². The molecular weight excluding hydrogens is 757 g/mol. The molecule has 1 atom stereocenters. The summed E-state index contributed by atoms with van der Waals surface area (Å²) < 4.78 is 16.6. The Bertz CT molecular complexity index is 1380. The van der Waals surface area contributed by atoms with Crippen molar-refractivity contribution in [3.63, 3.8) is 0 Å². The van der Waals surface area contributed by atoms with Gasteiger partial charge < -0.3 is 14.2 Å². The summed E-state index contributed by atoms with van der Waals surface area (Å²) in [5.74, 6) is -1.05. The summed E-state index contributed by atoms with van der Waals surface area (Å²) in [4.78, 5) is 37.8. The van der Waals surface area contributed by atoms with E-state index in [2.05, 4.69) is 106 Å². The zero-order valence-electron chi connectivity index (χ0n) is 38.6. The standard InChI is InChI=1S/C55H84O6/c1-4-7-10-13-16-19-21-23-25-26-27-28-30-31-33-36-39-42-45-48-54(57)60-51-52(50-59-53(56)47-44-41-38-35-18-15-12-9-6-3)61-55(58)49-46-43-40-37-34-32-29-24-22-20-17-14-11-8-5-2/h7-8,10-11,14,16-17,19-20,22-25,27-29,31-35,38,52H,4-6,9,12-13,15,18,21,26,30,36-37,39-51H2,1-3H3/b10-7-,11-8-,17-14-,19-16-,22-20-,25-23-,28-27-,29-24-,33-31-,34-32-,38-35-. The first-order valence-corrected chi connectivity index (χ1v) is 23.8. The van der Waals surface area contributed by atoms with Crippen LogP contribution in [0, 0.1) is 0 Å². The molecule has 0 aliphatic carbocycles. The Labute approximate surface area is 373 Å². The van der Waals surface area contributed by atoms with Crippen LogP contribution in [-0.2, 0) is 28.6 Å². The number of allylic oxidation sites excluding steroid dienone is 22. The molecule has 340 valence electrons. The van der Waals surface area contributed by atoms with Crippen LogP contribution in [0.1, 0.15) is 175 Å². The molecule has 0 aromatic carbocycles. The van der Waals surface area contributed by atoms with E-state index >= 15 is 0 Å². The van der Waals surface area contributed by atoms with Crippen molar-refractivity contribution in [2.75, 3.05) is 13.2 Å². The molecule has 0 aliphatic heterocycles. The first kappa shape index (κ1) is 56.5. The predicted molar refractivity (Wildman–Crippen MR) is 260 cm³/mol. The second kappa shape index (κ2) is 48.2. The Morgan fingerprint density at radius 3 is 1.25 bits per heavy atom. The highest BCUT2D eigenvalue weighted by Crippen LogP contribution is 2.10. The molecule has 0 radical (unpaired) electrons. The monoisotopic (exact) mass is 841 g/mol. The van der Waals surface area contributed by atoms with E-state index in [0.717, 1.165) is 96.3 Å². The highest BCUT2D eigenvalue weighted by atomic mass is 16.6. The van der Waals surface area contributed by atoms with Crippen molar-refractivity contribution in [3.05, 3.63) is 134 Å². The van der Waals surface area contributed by atoms with E-state index in [9.17, 15) is 14.4 Å². The van der Waals surface area contributed by atoms with E-state index in [0.29, 0.717) is 19.3 Å². The zero-order valence-corrected chi connectivity index (χ0v) is 38.6. The molecule has 0 N–H and O–H groups in total. The molecule has 61 heavy (non-hydrogen) atoms. The molecule has 0 rings (SSSR count). The molecule has 0 aliphatic rings. The van der Waals surface area contributed by atoms with E-state index in [1.54, 1.807) is 0 Å². The Morgan fingerprint density at radius 2 is 0.738 bits per heavy atom. The lowest BCUT2D eigenvalue weighted by atomic mass is 10.1. The molecule has 6 heteroatoms. The number of hydrogen-bond acceptors (Lipinski definition) is 6. The number of carbonyl (C=O) groups excluding carboxylic acids is 3. The zero-order chi connectivity index (χ0) is 44.4. The number of rotatable bonds is 40. The summed E-state index contributed by atoms with van der Waals surface area (Å²) in [5, 5.41) is 0. The third-order valence-electron chi connectivity index (χ3n) is 9.25. The molecular formula is C55H84O6. The molecule has 0 saturated heterocycles. The third-order valence-corrected chi connectivity index (χ3v) is 9.25. The molecule has 0 fully saturated rings. The Morgan fingerprint density at radius 1 is 0.361 bits per heavy atom. The fourth-order valence-corrected chi connectivity index (χ4v) is 5.73. The molecule has 6 nitrogen and oxygen atoms in total. The number of hydrogen-bond donors (Lipinski definition) is 0. The van der Waals surface area contributed by atoms with Gasteiger partial charge >= 0.3 is 17.9 Å². The number of ether oxygens (including phenoxy) is 3. The van der Waals surface area contributed by atoms with Gasteiger partial charge in [0.25, 0.3) is 0 Å². The van der Waals surface area contributed by atoms with Crippen LogP contribution in [0.5, 0.6) is 0 Å². The van der Waals surface area contributed by atoms with Crippen LogP contribution in [-0.4, -0.2) is 37.2 Å². The predicted octanol–water partition coefficient (Wildman–Crippen LogP) is 15.5. The first-order valence-electron chi connectivity index (χ1n) is 23.8. The van der Waals surface area contributed by atoms with Gasteiger partial charge in [0.1, 0.15) is 13.2 Å². The van der Waals surface area contributed by atoms with Crippen LogP contribution >= 0.6 is 0 Å². The van der Waals surface area contributed by atoms with Crippen molar-refractivity contribution in [2.45, 2.75) is 181 Å². The largest absolute Gasteiger partial charge is 0.462 e. The van der Waals surface area contributed by atoms with Gasteiger partial charge in [0.05, 0.1) is 0 Å². The van der Waals surface area contributed by atoms with Crippen molar-refractivity contribution >= 4 is 17.9 Å². The molecule has 0 amide bonds. The number of carbonyl (C=O) groups is 3. The van der Waals surface area contributed by atoms with Crippen LogP contribution < -0.4 is 0 Å². The SMILES string of the molecule is CC\C=C/C=C\C=C/C=C\C=C/CCCCCC(=O)OC(COC(=O)CCC/C=C\CCCCCC)COC(=O)CCCCC/C=C\C/C=C\C/C=C\C/C=C\C/C=C\CC. The lowest BCUT2D eigenvalue weighted by Crippen LogP contribution is -2.30. The van der Waals surface area contributed by atoms with E-state index in [4.69, 9.17) is 14.2 Å². The van der Waals surface area contributed by atoms with Crippen molar-refractivity contribution < 1.29 is 28.6 Å². The minimum absolute atomic E-state index is 0.127. The second-order valence-electron chi connectivity index (χ2n) is 15.0. The van der Waals surface area contributed by atoms with Gasteiger partial charge in [0, 0.05) is 19.3 Å². The molecule has 0 bridgehead atoms. The molecule has 1 unspecified atom stereocenters.